The van der Waals surface area contributed by atoms with Crippen LogP contribution in [0.25, 0.3) is 0 Å². The predicted octanol–water partition coefficient (Wildman–Crippen LogP) is 2.56. The first kappa shape index (κ1) is 20.7. The van der Waals surface area contributed by atoms with Crippen molar-refractivity contribution in [1.82, 2.24) is 10.6 Å². The fourth-order valence-corrected chi connectivity index (χ4v) is 4.46. The summed E-state index contributed by atoms with van der Waals surface area (Å²) in [6, 6.07) is 4.17. The quantitative estimate of drug-likeness (QED) is 0.794. The smallest absolute Gasteiger partial charge is 0.251 e. The normalized spacial score (nSPS) is 20.7. The van der Waals surface area contributed by atoms with Gasteiger partial charge in [0, 0.05) is 29.8 Å². The summed E-state index contributed by atoms with van der Waals surface area (Å²) in [6.07, 6.45) is 4.09. The van der Waals surface area contributed by atoms with Gasteiger partial charge in [0.25, 0.3) is 5.91 Å². The molecule has 26 heavy (non-hydrogen) atoms. The van der Waals surface area contributed by atoms with Crippen LogP contribution < -0.4 is 10.6 Å². The van der Waals surface area contributed by atoms with Crippen LogP contribution in [0.3, 0.4) is 0 Å². The van der Waals surface area contributed by atoms with E-state index in [0.29, 0.717) is 6.42 Å². The molecule has 1 aliphatic rings. The average Bonchev–Trinajstić information content (AvgIpc) is 2.53. The minimum Gasteiger partial charge on any atom is -0.354 e. The SMILES string of the molecule is CC(C)NC(=O)C1CCCC(NC(=O)c2ccc(Cl)c(S(C)(=O)=O)c2)C1. The molecule has 1 aromatic rings. The fourth-order valence-electron chi connectivity index (χ4n) is 3.16. The summed E-state index contributed by atoms with van der Waals surface area (Å²) in [6.45, 7) is 3.83. The van der Waals surface area contributed by atoms with Gasteiger partial charge in [0.2, 0.25) is 5.91 Å². The van der Waals surface area contributed by atoms with E-state index in [1.165, 1.54) is 18.2 Å². The van der Waals surface area contributed by atoms with Gasteiger partial charge in [-0.3, -0.25) is 9.59 Å². The van der Waals surface area contributed by atoms with Crippen LogP contribution in [-0.4, -0.2) is 38.6 Å². The lowest BCUT2D eigenvalue weighted by molar-refractivity contribution is -0.126. The van der Waals surface area contributed by atoms with Gasteiger partial charge in [0.15, 0.2) is 9.84 Å². The van der Waals surface area contributed by atoms with Gasteiger partial charge in [-0.2, -0.15) is 0 Å². The number of carbonyl (C=O) groups excluding carboxylic acids is 2. The Hall–Kier alpha value is -1.60. The maximum absolute atomic E-state index is 12.5. The summed E-state index contributed by atoms with van der Waals surface area (Å²) < 4.78 is 23.5. The van der Waals surface area contributed by atoms with Crippen molar-refractivity contribution in [2.45, 2.75) is 56.5 Å². The first-order valence-electron chi connectivity index (χ1n) is 8.68. The zero-order valence-corrected chi connectivity index (χ0v) is 16.8. The Labute approximate surface area is 159 Å². The number of carbonyl (C=O) groups is 2. The van der Waals surface area contributed by atoms with E-state index in [-0.39, 0.29) is 45.3 Å². The molecule has 144 valence electrons. The number of hydrogen-bond donors (Lipinski definition) is 2. The number of halogens is 1. The molecule has 0 aliphatic heterocycles. The highest BCUT2D eigenvalue weighted by atomic mass is 35.5. The first-order valence-corrected chi connectivity index (χ1v) is 11.0. The lowest BCUT2D eigenvalue weighted by Gasteiger charge is -2.29. The van der Waals surface area contributed by atoms with Crippen molar-refractivity contribution in [3.05, 3.63) is 28.8 Å². The van der Waals surface area contributed by atoms with Crippen LogP contribution >= 0.6 is 11.6 Å². The van der Waals surface area contributed by atoms with Crippen molar-refractivity contribution in [2.24, 2.45) is 5.92 Å². The van der Waals surface area contributed by atoms with Crippen molar-refractivity contribution in [3.8, 4) is 0 Å². The van der Waals surface area contributed by atoms with Gasteiger partial charge in [-0.15, -0.1) is 0 Å². The summed E-state index contributed by atoms with van der Waals surface area (Å²) >= 11 is 5.92. The maximum atomic E-state index is 12.5. The highest BCUT2D eigenvalue weighted by Gasteiger charge is 2.28. The van der Waals surface area contributed by atoms with E-state index < -0.39 is 9.84 Å². The molecule has 1 saturated carbocycles. The fraction of sp³-hybridized carbons (Fsp3) is 0.556. The molecule has 6 nitrogen and oxygen atoms in total. The van der Waals surface area contributed by atoms with Crippen LogP contribution in [0, 0.1) is 5.92 Å². The Balaban J connectivity index is 2.07. The summed E-state index contributed by atoms with van der Waals surface area (Å²) in [4.78, 5) is 24.6. The van der Waals surface area contributed by atoms with Crippen LogP contribution in [0.5, 0.6) is 0 Å². The monoisotopic (exact) mass is 400 g/mol. The third-order valence-corrected chi connectivity index (χ3v) is 5.98. The van der Waals surface area contributed by atoms with Gasteiger partial charge in [-0.1, -0.05) is 18.0 Å². The van der Waals surface area contributed by atoms with Crippen LogP contribution in [0.1, 0.15) is 49.9 Å². The maximum Gasteiger partial charge on any atom is 0.251 e. The number of amides is 2. The Morgan fingerprint density at radius 3 is 2.54 bits per heavy atom. The number of rotatable bonds is 5. The van der Waals surface area contributed by atoms with Crippen molar-refractivity contribution < 1.29 is 18.0 Å². The average molecular weight is 401 g/mol. The summed E-state index contributed by atoms with van der Waals surface area (Å²) in [5.74, 6) is -0.459. The molecule has 0 saturated heterocycles. The van der Waals surface area contributed by atoms with E-state index in [0.717, 1.165) is 25.5 Å². The van der Waals surface area contributed by atoms with Gasteiger partial charge < -0.3 is 10.6 Å². The lowest BCUT2D eigenvalue weighted by Crippen LogP contribution is -2.43. The summed E-state index contributed by atoms with van der Waals surface area (Å²) in [5, 5.41) is 5.92. The first-order chi connectivity index (χ1) is 12.1. The van der Waals surface area contributed by atoms with Crippen molar-refractivity contribution in [2.75, 3.05) is 6.26 Å². The van der Waals surface area contributed by atoms with Crippen LogP contribution in [0.4, 0.5) is 0 Å². The highest BCUT2D eigenvalue weighted by molar-refractivity contribution is 7.90. The second-order valence-electron chi connectivity index (χ2n) is 7.11. The molecule has 2 unspecified atom stereocenters. The van der Waals surface area contributed by atoms with Gasteiger partial charge in [0.1, 0.15) is 0 Å². The summed E-state index contributed by atoms with van der Waals surface area (Å²) in [7, 11) is -3.52. The Kier molecular flexibility index (Phi) is 6.69. The van der Waals surface area contributed by atoms with E-state index in [9.17, 15) is 18.0 Å². The van der Waals surface area contributed by atoms with E-state index in [2.05, 4.69) is 10.6 Å². The third-order valence-electron chi connectivity index (χ3n) is 4.40. The Morgan fingerprint density at radius 1 is 1.23 bits per heavy atom. The predicted molar refractivity (Wildman–Crippen MR) is 101 cm³/mol. The van der Waals surface area contributed by atoms with E-state index in [1.807, 2.05) is 13.8 Å². The molecule has 0 spiro atoms. The van der Waals surface area contributed by atoms with Gasteiger partial charge >= 0.3 is 0 Å². The molecular formula is C18H25ClN2O4S. The molecule has 0 radical (unpaired) electrons. The molecule has 0 bridgehead atoms. The molecule has 1 aliphatic carbocycles. The zero-order chi connectivity index (χ0) is 19.5. The van der Waals surface area contributed by atoms with Crippen molar-refractivity contribution in [3.63, 3.8) is 0 Å². The van der Waals surface area contributed by atoms with E-state index in [1.54, 1.807) is 0 Å². The molecule has 0 aromatic heterocycles. The van der Waals surface area contributed by atoms with Crippen LogP contribution in [-0.2, 0) is 14.6 Å². The van der Waals surface area contributed by atoms with Crippen molar-refractivity contribution in [1.29, 1.82) is 0 Å². The number of sulfone groups is 1. The standard InChI is InChI=1S/C18H25ClN2O4S/c1-11(2)20-17(22)12-5-4-6-14(9-12)21-18(23)13-7-8-15(19)16(10-13)26(3,24)25/h7-8,10-12,14H,4-6,9H2,1-3H3,(H,20,22)(H,21,23). The third kappa shape index (κ3) is 5.45. The minimum absolute atomic E-state index is 0.0183. The summed E-state index contributed by atoms with van der Waals surface area (Å²) in [5.41, 5.74) is 0.239. The molecule has 2 amide bonds. The molecule has 1 aromatic carbocycles. The van der Waals surface area contributed by atoms with E-state index >= 15 is 0 Å². The Morgan fingerprint density at radius 2 is 1.92 bits per heavy atom. The molecule has 2 rings (SSSR count). The van der Waals surface area contributed by atoms with Gasteiger partial charge in [0.05, 0.1) is 9.92 Å². The molecule has 8 heteroatoms. The van der Waals surface area contributed by atoms with Gasteiger partial charge in [-0.25, -0.2) is 8.42 Å². The molecular weight excluding hydrogens is 376 g/mol. The molecule has 1 fully saturated rings. The second kappa shape index (κ2) is 8.39. The Bertz CT molecular complexity index is 792. The number of hydrogen-bond acceptors (Lipinski definition) is 4. The lowest BCUT2D eigenvalue weighted by atomic mass is 9.85. The minimum atomic E-state index is -3.52. The van der Waals surface area contributed by atoms with Crippen LogP contribution in [0.2, 0.25) is 5.02 Å². The molecule has 0 heterocycles. The topological polar surface area (TPSA) is 92.3 Å². The highest BCUT2D eigenvalue weighted by Crippen LogP contribution is 2.26. The second-order valence-corrected chi connectivity index (χ2v) is 9.51. The number of benzene rings is 1. The van der Waals surface area contributed by atoms with Crippen LogP contribution in [0.15, 0.2) is 23.1 Å². The number of nitrogens with one attached hydrogen (secondary N) is 2. The van der Waals surface area contributed by atoms with Gasteiger partial charge in [-0.05, 0) is 51.3 Å². The zero-order valence-electron chi connectivity index (χ0n) is 15.2. The largest absolute Gasteiger partial charge is 0.354 e. The van der Waals surface area contributed by atoms with Crippen molar-refractivity contribution >= 4 is 33.3 Å². The molecule has 2 atom stereocenters. The molecule has 2 N–H and O–H groups in total. The van der Waals surface area contributed by atoms with E-state index in [4.69, 9.17) is 11.6 Å².